The van der Waals surface area contributed by atoms with Crippen molar-refractivity contribution in [3.8, 4) is 0 Å². The van der Waals surface area contributed by atoms with E-state index in [9.17, 15) is 10.2 Å². The van der Waals surface area contributed by atoms with Gasteiger partial charge in [0.1, 0.15) is 0 Å². The fraction of sp³-hybridized carbons (Fsp3) is 0.667. The van der Waals surface area contributed by atoms with Gasteiger partial charge in [-0.05, 0) is 51.2 Å². The number of hydrogen-bond acceptors (Lipinski definition) is 3. The molecular weight excluding hydrogens is 262 g/mol. The molecule has 0 heterocycles. The molecule has 1 aromatic rings. The third kappa shape index (κ3) is 5.42. The van der Waals surface area contributed by atoms with Gasteiger partial charge in [-0.25, -0.2) is 0 Å². The first-order valence-corrected chi connectivity index (χ1v) is 7.77. The SMILES string of the molecule is CC(C)Cc1ccc(C(O)CNC(C)(C)C(C)(C)O)cc1. The minimum absolute atomic E-state index is 0.417. The van der Waals surface area contributed by atoms with Crippen LogP contribution in [0, 0.1) is 5.92 Å². The molecule has 0 saturated carbocycles. The topological polar surface area (TPSA) is 52.5 Å². The zero-order valence-electron chi connectivity index (χ0n) is 14.3. The lowest BCUT2D eigenvalue weighted by Gasteiger charge is -2.38. The predicted molar refractivity (Wildman–Crippen MR) is 88.3 cm³/mol. The Bertz CT molecular complexity index is 430. The molecule has 0 saturated heterocycles. The Kier molecular flexibility index (Phi) is 5.97. The molecule has 3 nitrogen and oxygen atoms in total. The second kappa shape index (κ2) is 6.91. The van der Waals surface area contributed by atoms with Gasteiger partial charge in [-0.3, -0.25) is 0 Å². The highest BCUT2D eigenvalue weighted by molar-refractivity contribution is 5.24. The summed E-state index contributed by atoms with van der Waals surface area (Å²) in [4.78, 5) is 0. The highest BCUT2D eigenvalue weighted by Gasteiger charge is 2.34. The van der Waals surface area contributed by atoms with Crippen molar-refractivity contribution in [2.45, 2.75) is 65.2 Å². The normalized spacial score (nSPS) is 14.5. The molecule has 0 aliphatic heterocycles. The van der Waals surface area contributed by atoms with E-state index in [0.717, 1.165) is 12.0 Å². The van der Waals surface area contributed by atoms with Gasteiger partial charge in [0, 0.05) is 12.1 Å². The van der Waals surface area contributed by atoms with E-state index >= 15 is 0 Å². The maximum atomic E-state index is 10.3. The zero-order valence-corrected chi connectivity index (χ0v) is 14.3. The van der Waals surface area contributed by atoms with Crippen LogP contribution in [0.1, 0.15) is 58.8 Å². The Morgan fingerprint density at radius 2 is 1.57 bits per heavy atom. The first-order chi connectivity index (χ1) is 9.53. The molecule has 1 unspecified atom stereocenters. The molecule has 1 atom stereocenters. The molecule has 0 amide bonds. The maximum Gasteiger partial charge on any atom is 0.0914 e. The van der Waals surface area contributed by atoms with Gasteiger partial charge >= 0.3 is 0 Å². The molecule has 3 heteroatoms. The van der Waals surface area contributed by atoms with Crippen LogP contribution in [0.3, 0.4) is 0 Å². The summed E-state index contributed by atoms with van der Waals surface area (Å²) in [5.41, 5.74) is 0.881. The summed E-state index contributed by atoms with van der Waals surface area (Å²) in [7, 11) is 0. The van der Waals surface area contributed by atoms with Crippen molar-refractivity contribution < 1.29 is 10.2 Å². The van der Waals surface area contributed by atoms with Crippen molar-refractivity contribution in [1.82, 2.24) is 5.32 Å². The minimum Gasteiger partial charge on any atom is -0.389 e. The van der Waals surface area contributed by atoms with Crippen LogP contribution in [-0.2, 0) is 6.42 Å². The quantitative estimate of drug-likeness (QED) is 0.724. The van der Waals surface area contributed by atoms with E-state index < -0.39 is 17.2 Å². The summed E-state index contributed by atoms with van der Waals surface area (Å²) in [6.45, 7) is 12.2. The standard InChI is InChI=1S/C18H31NO2/c1-13(2)11-14-7-9-15(10-8-14)16(20)12-19-17(3,4)18(5,6)21/h7-10,13,16,19-21H,11-12H2,1-6H3. The molecule has 0 bridgehead atoms. The number of benzene rings is 1. The van der Waals surface area contributed by atoms with Gasteiger partial charge in [0.25, 0.3) is 0 Å². The molecule has 0 aromatic heterocycles. The smallest absolute Gasteiger partial charge is 0.0914 e. The van der Waals surface area contributed by atoms with Crippen LogP contribution >= 0.6 is 0 Å². The highest BCUT2D eigenvalue weighted by Crippen LogP contribution is 2.22. The van der Waals surface area contributed by atoms with Gasteiger partial charge < -0.3 is 15.5 Å². The maximum absolute atomic E-state index is 10.3. The van der Waals surface area contributed by atoms with Crippen LogP contribution < -0.4 is 5.32 Å². The molecular formula is C18H31NO2. The van der Waals surface area contributed by atoms with Gasteiger partial charge in [0.05, 0.1) is 11.7 Å². The average molecular weight is 293 g/mol. The van der Waals surface area contributed by atoms with Crippen LogP contribution in [0.2, 0.25) is 0 Å². The third-order valence-corrected chi connectivity index (χ3v) is 4.28. The Balaban J connectivity index is 2.62. The van der Waals surface area contributed by atoms with E-state index in [1.54, 1.807) is 13.8 Å². The van der Waals surface area contributed by atoms with E-state index in [2.05, 4.69) is 31.3 Å². The van der Waals surface area contributed by atoms with E-state index in [-0.39, 0.29) is 0 Å². The molecule has 0 aliphatic carbocycles. The summed E-state index contributed by atoms with van der Waals surface area (Å²) in [5, 5.41) is 23.6. The summed E-state index contributed by atoms with van der Waals surface area (Å²) >= 11 is 0. The molecule has 0 aliphatic rings. The van der Waals surface area contributed by atoms with Crippen molar-refractivity contribution >= 4 is 0 Å². The van der Waals surface area contributed by atoms with Gasteiger partial charge in [0.2, 0.25) is 0 Å². The van der Waals surface area contributed by atoms with Crippen LogP contribution in [0.15, 0.2) is 24.3 Å². The first-order valence-electron chi connectivity index (χ1n) is 7.77. The van der Waals surface area contributed by atoms with Crippen LogP contribution in [0.25, 0.3) is 0 Å². The average Bonchev–Trinajstić information content (AvgIpc) is 2.35. The molecule has 1 rings (SSSR count). The molecule has 0 radical (unpaired) electrons. The van der Waals surface area contributed by atoms with Crippen molar-refractivity contribution in [1.29, 1.82) is 0 Å². The summed E-state index contributed by atoms with van der Waals surface area (Å²) in [5.74, 6) is 0.634. The van der Waals surface area contributed by atoms with Gasteiger partial charge in [-0.2, -0.15) is 0 Å². The summed E-state index contributed by atoms with van der Waals surface area (Å²) in [6, 6.07) is 8.14. The highest BCUT2D eigenvalue weighted by atomic mass is 16.3. The Hall–Kier alpha value is -0.900. The number of nitrogens with one attached hydrogen (secondary N) is 1. The number of rotatable bonds is 7. The fourth-order valence-corrected chi connectivity index (χ4v) is 2.03. The Morgan fingerprint density at radius 1 is 1.05 bits per heavy atom. The van der Waals surface area contributed by atoms with Crippen LogP contribution in [-0.4, -0.2) is 27.9 Å². The molecule has 3 N–H and O–H groups in total. The molecule has 120 valence electrons. The molecule has 1 aromatic carbocycles. The molecule has 0 spiro atoms. The number of β-amino-alcohol motifs (C(OH)–C–C–N with tert-alkyl or cyclic N) is 1. The molecule has 0 fully saturated rings. The Morgan fingerprint density at radius 3 is 2.00 bits per heavy atom. The lowest BCUT2D eigenvalue weighted by atomic mass is 9.86. The van der Waals surface area contributed by atoms with Crippen LogP contribution in [0.5, 0.6) is 0 Å². The van der Waals surface area contributed by atoms with Crippen molar-refractivity contribution in [3.05, 3.63) is 35.4 Å². The molecule has 21 heavy (non-hydrogen) atoms. The number of hydrogen-bond donors (Lipinski definition) is 3. The van der Waals surface area contributed by atoms with Gasteiger partial charge in [-0.15, -0.1) is 0 Å². The number of aliphatic hydroxyl groups excluding tert-OH is 1. The second-order valence-corrected chi connectivity index (χ2v) is 7.42. The Labute approximate surface area is 129 Å². The third-order valence-electron chi connectivity index (χ3n) is 4.28. The monoisotopic (exact) mass is 293 g/mol. The fourth-order valence-electron chi connectivity index (χ4n) is 2.03. The van der Waals surface area contributed by atoms with E-state index in [1.165, 1.54) is 5.56 Å². The predicted octanol–water partition coefficient (Wildman–Crippen LogP) is 3.06. The lowest BCUT2D eigenvalue weighted by molar-refractivity contribution is -0.00978. The largest absolute Gasteiger partial charge is 0.389 e. The van der Waals surface area contributed by atoms with Crippen molar-refractivity contribution in [3.63, 3.8) is 0 Å². The van der Waals surface area contributed by atoms with Crippen molar-refractivity contribution in [2.75, 3.05) is 6.54 Å². The summed E-state index contributed by atoms with van der Waals surface area (Å²) in [6.07, 6.45) is 0.486. The number of aliphatic hydroxyl groups is 2. The van der Waals surface area contributed by atoms with E-state index in [0.29, 0.717) is 12.5 Å². The van der Waals surface area contributed by atoms with E-state index in [1.807, 2.05) is 26.0 Å². The zero-order chi connectivity index (χ0) is 16.3. The lowest BCUT2D eigenvalue weighted by Crippen LogP contribution is -2.56. The minimum atomic E-state index is -0.853. The van der Waals surface area contributed by atoms with Gasteiger partial charge in [-0.1, -0.05) is 38.1 Å². The second-order valence-electron chi connectivity index (χ2n) is 7.42. The summed E-state index contributed by atoms with van der Waals surface area (Å²) < 4.78 is 0. The van der Waals surface area contributed by atoms with E-state index in [4.69, 9.17) is 0 Å². The van der Waals surface area contributed by atoms with Crippen molar-refractivity contribution in [2.24, 2.45) is 5.92 Å². The van der Waals surface area contributed by atoms with Crippen LogP contribution in [0.4, 0.5) is 0 Å². The first kappa shape index (κ1) is 18.1. The van der Waals surface area contributed by atoms with Gasteiger partial charge in [0.15, 0.2) is 0 Å².